The van der Waals surface area contributed by atoms with Gasteiger partial charge < -0.3 is 0 Å². The smallest absolute Gasteiger partial charge is 0.126 e. The van der Waals surface area contributed by atoms with Gasteiger partial charge in [0.2, 0.25) is 0 Å². The minimum absolute atomic E-state index is 1.03. The first kappa shape index (κ1) is 19.0. The van der Waals surface area contributed by atoms with Crippen LogP contribution < -0.4 is 0 Å². The molecule has 3 aromatic heterocycles. The lowest BCUT2D eigenvalue weighted by atomic mass is 10.0. The summed E-state index contributed by atoms with van der Waals surface area (Å²) in [7, 11) is 0. The highest BCUT2D eigenvalue weighted by molar-refractivity contribution is 7.99. The Morgan fingerprint density at radius 1 is 1.03 bits per heavy atom. The molecule has 0 saturated carbocycles. The van der Waals surface area contributed by atoms with Crippen molar-refractivity contribution in [1.29, 1.82) is 0 Å². The van der Waals surface area contributed by atoms with Gasteiger partial charge in [0.1, 0.15) is 16.2 Å². The topological polar surface area (TPSA) is 38.7 Å². The monoisotopic (exact) mass is 419 g/mol. The van der Waals surface area contributed by atoms with Crippen LogP contribution in [0.5, 0.6) is 0 Å². The lowest BCUT2D eigenvalue weighted by Gasteiger charge is -2.08. The van der Waals surface area contributed by atoms with Crippen LogP contribution in [0.2, 0.25) is 0 Å². The van der Waals surface area contributed by atoms with Gasteiger partial charge in [-0.05, 0) is 55.2 Å². The molecule has 0 aliphatic heterocycles. The van der Waals surface area contributed by atoms with Crippen molar-refractivity contribution < 1.29 is 0 Å². The van der Waals surface area contributed by atoms with Crippen molar-refractivity contribution in [1.82, 2.24) is 15.0 Å². The molecule has 4 aromatic rings. The lowest BCUT2D eigenvalue weighted by molar-refractivity contribution is 0.770. The summed E-state index contributed by atoms with van der Waals surface area (Å²) in [6.45, 7) is 2.26. The van der Waals surface area contributed by atoms with Crippen LogP contribution in [0.25, 0.3) is 20.4 Å². The van der Waals surface area contributed by atoms with Crippen molar-refractivity contribution in [3.63, 3.8) is 0 Å². The van der Waals surface area contributed by atoms with Crippen molar-refractivity contribution in [2.75, 3.05) is 5.75 Å². The molecule has 3 nitrogen and oxygen atoms in total. The third-order valence-corrected chi connectivity index (χ3v) is 7.96. The van der Waals surface area contributed by atoms with E-state index in [1.165, 1.54) is 64.6 Å². The number of pyridine rings is 1. The van der Waals surface area contributed by atoms with E-state index >= 15 is 0 Å². The number of nitrogens with zero attached hydrogens (tertiary/aromatic N) is 3. The van der Waals surface area contributed by atoms with E-state index in [2.05, 4.69) is 42.2 Å². The SMILES string of the molecule is CCCCc1nc2sc3c(SCCc4ccccc4)ncnc3c2c2c1CCC2. The predicted octanol–water partition coefficient (Wildman–Crippen LogP) is 6.41. The maximum absolute atomic E-state index is 5.13. The molecule has 5 heteroatoms. The summed E-state index contributed by atoms with van der Waals surface area (Å²) in [5, 5.41) is 2.42. The number of fused-ring (bicyclic) bond motifs is 5. The van der Waals surface area contributed by atoms with Gasteiger partial charge in [-0.15, -0.1) is 23.1 Å². The van der Waals surface area contributed by atoms with Gasteiger partial charge >= 0.3 is 0 Å². The Morgan fingerprint density at radius 3 is 2.76 bits per heavy atom. The van der Waals surface area contributed by atoms with Gasteiger partial charge in [0.15, 0.2) is 0 Å². The second kappa shape index (κ2) is 8.41. The van der Waals surface area contributed by atoms with E-state index in [-0.39, 0.29) is 0 Å². The summed E-state index contributed by atoms with van der Waals surface area (Å²) in [6.07, 6.45) is 9.93. The second-order valence-corrected chi connectivity index (χ2v) is 9.78. The summed E-state index contributed by atoms with van der Waals surface area (Å²) >= 11 is 3.63. The highest BCUT2D eigenvalue weighted by atomic mass is 32.2. The molecular weight excluding hydrogens is 394 g/mol. The van der Waals surface area contributed by atoms with Gasteiger partial charge in [-0.25, -0.2) is 15.0 Å². The fourth-order valence-electron chi connectivity index (χ4n) is 4.32. The number of hydrogen-bond donors (Lipinski definition) is 0. The van der Waals surface area contributed by atoms with Crippen molar-refractivity contribution in [2.24, 2.45) is 0 Å². The van der Waals surface area contributed by atoms with Crippen molar-refractivity contribution in [2.45, 2.75) is 56.9 Å². The van der Waals surface area contributed by atoms with E-state index in [1.54, 1.807) is 17.7 Å². The van der Waals surface area contributed by atoms with Crippen LogP contribution in [0.4, 0.5) is 0 Å². The Labute approximate surface area is 180 Å². The zero-order chi connectivity index (χ0) is 19.6. The van der Waals surface area contributed by atoms with Crippen molar-refractivity contribution >= 4 is 43.5 Å². The molecule has 5 rings (SSSR count). The molecule has 148 valence electrons. The molecule has 0 atom stereocenters. The van der Waals surface area contributed by atoms with E-state index in [4.69, 9.17) is 9.97 Å². The molecule has 0 amide bonds. The molecule has 0 saturated heterocycles. The normalized spacial score (nSPS) is 13.4. The number of hydrogen-bond acceptors (Lipinski definition) is 5. The van der Waals surface area contributed by atoms with Crippen molar-refractivity contribution in [3.8, 4) is 0 Å². The number of unbranched alkanes of at least 4 members (excludes halogenated alkanes) is 1. The number of benzene rings is 1. The summed E-state index contributed by atoms with van der Waals surface area (Å²) in [5.74, 6) is 1.03. The first-order valence-electron chi connectivity index (χ1n) is 10.6. The standard InChI is InChI=1S/C24H25N3S2/c1-2-3-12-19-17-10-7-11-18(17)20-21-22(29-23(20)27-19)24(26-15-25-21)28-14-13-16-8-5-4-6-9-16/h4-6,8-9,15H,2-3,7,10-14H2,1H3. The third kappa shape index (κ3) is 3.66. The summed E-state index contributed by atoms with van der Waals surface area (Å²) in [4.78, 5) is 15.6. The third-order valence-electron chi connectivity index (χ3n) is 5.76. The molecule has 1 aromatic carbocycles. The Morgan fingerprint density at radius 2 is 1.90 bits per heavy atom. The Bertz CT molecular complexity index is 1150. The highest BCUT2D eigenvalue weighted by Gasteiger charge is 2.24. The number of thiophene rings is 1. The molecule has 0 fully saturated rings. The van der Waals surface area contributed by atoms with Crippen LogP contribution in [0.15, 0.2) is 41.7 Å². The van der Waals surface area contributed by atoms with E-state index in [0.717, 1.165) is 34.0 Å². The van der Waals surface area contributed by atoms with Crippen LogP contribution in [0.1, 0.15) is 48.6 Å². The lowest BCUT2D eigenvalue weighted by Crippen LogP contribution is -1.98. The largest absolute Gasteiger partial charge is 0.242 e. The summed E-state index contributed by atoms with van der Waals surface area (Å²) in [5.41, 5.74) is 6.87. The average Bonchev–Trinajstić information content (AvgIpc) is 3.37. The number of thioether (sulfide) groups is 1. The molecule has 0 bridgehead atoms. The molecule has 1 aliphatic carbocycles. The first-order valence-corrected chi connectivity index (χ1v) is 12.4. The van der Waals surface area contributed by atoms with Gasteiger partial charge in [-0.1, -0.05) is 43.7 Å². The van der Waals surface area contributed by atoms with Gasteiger partial charge in [-0.2, -0.15) is 0 Å². The molecule has 29 heavy (non-hydrogen) atoms. The first-order chi connectivity index (χ1) is 14.3. The van der Waals surface area contributed by atoms with E-state index in [0.29, 0.717) is 0 Å². The second-order valence-electron chi connectivity index (χ2n) is 7.70. The highest BCUT2D eigenvalue weighted by Crippen LogP contribution is 2.42. The Balaban J connectivity index is 1.51. The molecule has 0 N–H and O–H groups in total. The maximum Gasteiger partial charge on any atom is 0.126 e. The molecule has 0 radical (unpaired) electrons. The predicted molar refractivity (Wildman–Crippen MR) is 124 cm³/mol. The fourth-order valence-corrected chi connectivity index (χ4v) is 6.56. The van der Waals surface area contributed by atoms with Crippen LogP contribution in [0.3, 0.4) is 0 Å². The summed E-state index contributed by atoms with van der Waals surface area (Å²) < 4.78 is 1.22. The summed E-state index contributed by atoms with van der Waals surface area (Å²) in [6, 6.07) is 10.7. The van der Waals surface area contributed by atoms with Gasteiger partial charge in [-0.3, -0.25) is 0 Å². The number of rotatable bonds is 7. The van der Waals surface area contributed by atoms with Crippen molar-refractivity contribution in [3.05, 3.63) is 59.0 Å². The quantitative estimate of drug-likeness (QED) is 0.256. The number of aromatic nitrogens is 3. The van der Waals surface area contributed by atoms with E-state index < -0.39 is 0 Å². The Hall–Kier alpha value is -1.98. The Kier molecular flexibility index (Phi) is 5.51. The van der Waals surface area contributed by atoms with Gasteiger partial charge in [0.05, 0.1) is 10.2 Å². The fraction of sp³-hybridized carbons (Fsp3) is 0.375. The van der Waals surface area contributed by atoms with Crippen LogP contribution >= 0.6 is 23.1 Å². The maximum atomic E-state index is 5.13. The average molecular weight is 420 g/mol. The van der Waals surface area contributed by atoms with Crippen LogP contribution in [-0.2, 0) is 25.7 Å². The molecule has 0 unspecified atom stereocenters. The minimum atomic E-state index is 1.03. The molecule has 1 aliphatic rings. The number of aryl methyl sites for hydroxylation is 3. The van der Waals surface area contributed by atoms with E-state index in [9.17, 15) is 0 Å². The molecule has 0 spiro atoms. The van der Waals surface area contributed by atoms with Crippen LogP contribution in [0, 0.1) is 0 Å². The van der Waals surface area contributed by atoms with Crippen LogP contribution in [-0.4, -0.2) is 20.7 Å². The molecular formula is C24H25N3S2. The van der Waals surface area contributed by atoms with E-state index in [1.807, 2.05) is 11.8 Å². The van der Waals surface area contributed by atoms with Gasteiger partial charge in [0, 0.05) is 16.8 Å². The van der Waals surface area contributed by atoms with Gasteiger partial charge in [0.25, 0.3) is 0 Å². The minimum Gasteiger partial charge on any atom is -0.242 e. The zero-order valence-corrected chi connectivity index (χ0v) is 18.4. The molecule has 3 heterocycles. The zero-order valence-electron chi connectivity index (χ0n) is 16.8.